The van der Waals surface area contributed by atoms with Gasteiger partial charge in [-0.15, -0.1) is 0 Å². The maximum Gasteiger partial charge on any atom is 0.262 e. The van der Waals surface area contributed by atoms with Crippen molar-refractivity contribution in [1.82, 2.24) is 14.4 Å². The van der Waals surface area contributed by atoms with Gasteiger partial charge in [-0.1, -0.05) is 12.1 Å². The molecule has 1 aromatic carbocycles. The topological polar surface area (TPSA) is 58.7 Å². The summed E-state index contributed by atoms with van der Waals surface area (Å²) in [7, 11) is 2.04. The van der Waals surface area contributed by atoms with Crippen LogP contribution in [0.2, 0.25) is 0 Å². The fourth-order valence-electron chi connectivity index (χ4n) is 3.89. The smallest absolute Gasteiger partial charge is 0.262 e. The van der Waals surface area contributed by atoms with Gasteiger partial charge < -0.3 is 18.8 Å². The van der Waals surface area contributed by atoms with Crippen molar-refractivity contribution in [3.05, 3.63) is 69.6 Å². The quantitative estimate of drug-likeness (QED) is 0.682. The second kappa shape index (κ2) is 7.83. The van der Waals surface area contributed by atoms with E-state index in [0.717, 1.165) is 19.5 Å². The summed E-state index contributed by atoms with van der Waals surface area (Å²) in [5.41, 5.74) is 1.11. The summed E-state index contributed by atoms with van der Waals surface area (Å²) < 4.78 is 20.7. The van der Waals surface area contributed by atoms with E-state index in [4.69, 9.17) is 4.42 Å². The van der Waals surface area contributed by atoms with Gasteiger partial charge in [0.1, 0.15) is 17.2 Å². The third kappa shape index (κ3) is 3.82. The summed E-state index contributed by atoms with van der Waals surface area (Å²) in [6.45, 7) is 4.94. The second-order valence-electron chi connectivity index (χ2n) is 7.60. The van der Waals surface area contributed by atoms with Crippen molar-refractivity contribution in [3.8, 4) is 0 Å². The lowest BCUT2D eigenvalue weighted by Gasteiger charge is -2.20. The molecule has 152 valence electrons. The molecule has 0 bridgehead atoms. The van der Waals surface area contributed by atoms with Crippen molar-refractivity contribution in [2.45, 2.75) is 19.9 Å². The first-order chi connectivity index (χ1) is 13.9. The molecule has 1 amide bonds. The molecular formula is C22H24FN3O3. The normalized spacial score (nSPS) is 15.6. The average Bonchev–Trinajstić information content (AvgIpc) is 2.87. The van der Waals surface area contributed by atoms with Crippen LogP contribution >= 0.6 is 0 Å². The summed E-state index contributed by atoms with van der Waals surface area (Å²) in [4.78, 5) is 30.5. The van der Waals surface area contributed by atoms with Gasteiger partial charge in [-0.05, 0) is 50.7 Å². The molecule has 7 heteroatoms. The number of carbonyl (C=O) groups excluding carboxylic acids is 1. The number of carbonyl (C=O) groups is 1. The Hall–Kier alpha value is -2.93. The second-order valence-corrected chi connectivity index (χ2v) is 7.60. The highest BCUT2D eigenvalue weighted by Gasteiger charge is 2.27. The molecular weight excluding hydrogens is 373 g/mol. The van der Waals surface area contributed by atoms with Crippen LogP contribution in [0.15, 0.2) is 45.7 Å². The molecule has 0 atom stereocenters. The number of benzene rings is 1. The number of hydrogen-bond acceptors (Lipinski definition) is 4. The van der Waals surface area contributed by atoms with Crippen LogP contribution in [0.5, 0.6) is 0 Å². The molecule has 3 heterocycles. The minimum Gasteiger partial charge on any atom is -0.460 e. The average molecular weight is 397 g/mol. The molecule has 1 fully saturated rings. The Morgan fingerprint density at radius 1 is 1.17 bits per heavy atom. The Kier molecular flexibility index (Phi) is 5.24. The first kappa shape index (κ1) is 19.4. The number of rotatable bonds is 3. The molecule has 1 aliphatic heterocycles. The molecule has 0 spiro atoms. The van der Waals surface area contributed by atoms with Crippen molar-refractivity contribution >= 4 is 16.9 Å². The summed E-state index contributed by atoms with van der Waals surface area (Å²) in [5, 5.41) is 0.295. The van der Waals surface area contributed by atoms with E-state index in [2.05, 4.69) is 4.90 Å². The summed E-state index contributed by atoms with van der Waals surface area (Å²) >= 11 is 0. The number of furan rings is 1. The standard InChI is InChI=1S/C22H24FN3O3/c1-15-19(21(27)25-9-4-8-24(2)11-12-25)20-18(29-15)7-10-26(22(20)28)14-16-5-3-6-17(23)13-16/h3,5-7,10,13H,4,8-9,11-12,14H2,1-2H3. The zero-order valence-corrected chi connectivity index (χ0v) is 16.7. The highest BCUT2D eigenvalue weighted by atomic mass is 19.1. The van der Waals surface area contributed by atoms with Crippen molar-refractivity contribution < 1.29 is 13.6 Å². The van der Waals surface area contributed by atoms with Gasteiger partial charge in [-0.25, -0.2) is 4.39 Å². The molecule has 2 aromatic heterocycles. The lowest BCUT2D eigenvalue weighted by Crippen LogP contribution is -2.35. The SMILES string of the molecule is Cc1oc2ccn(Cc3cccc(F)c3)c(=O)c2c1C(=O)N1CCCN(C)CC1. The van der Waals surface area contributed by atoms with Gasteiger partial charge in [0.05, 0.1) is 17.5 Å². The van der Waals surface area contributed by atoms with E-state index >= 15 is 0 Å². The lowest BCUT2D eigenvalue weighted by atomic mass is 10.1. The molecule has 0 unspecified atom stereocenters. The number of fused-ring (bicyclic) bond motifs is 1. The van der Waals surface area contributed by atoms with Crippen LogP contribution in [-0.2, 0) is 6.54 Å². The minimum atomic E-state index is -0.349. The Bertz CT molecular complexity index is 1120. The number of hydrogen-bond donors (Lipinski definition) is 0. The molecule has 6 nitrogen and oxygen atoms in total. The molecule has 1 aliphatic rings. The van der Waals surface area contributed by atoms with Crippen molar-refractivity contribution in [2.24, 2.45) is 0 Å². The van der Waals surface area contributed by atoms with Crippen molar-refractivity contribution in [2.75, 3.05) is 33.2 Å². The minimum absolute atomic E-state index is 0.169. The van der Waals surface area contributed by atoms with Crippen LogP contribution in [0.25, 0.3) is 11.0 Å². The number of nitrogens with zero attached hydrogens (tertiary/aromatic N) is 3. The zero-order valence-electron chi connectivity index (χ0n) is 16.7. The number of likely N-dealkylation sites (N-methyl/N-ethyl adjacent to an activating group) is 1. The van der Waals surface area contributed by atoms with E-state index in [1.165, 1.54) is 16.7 Å². The van der Waals surface area contributed by atoms with Crippen LogP contribution in [-0.4, -0.2) is 53.5 Å². The summed E-state index contributed by atoms with van der Waals surface area (Å²) in [5.74, 6) is -0.0712. The van der Waals surface area contributed by atoms with E-state index in [9.17, 15) is 14.0 Å². The molecule has 0 aliphatic carbocycles. The third-order valence-electron chi connectivity index (χ3n) is 5.45. The van der Waals surface area contributed by atoms with E-state index in [-0.39, 0.29) is 23.8 Å². The highest BCUT2D eigenvalue weighted by molar-refractivity contribution is 6.06. The predicted molar refractivity (Wildman–Crippen MR) is 109 cm³/mol. The van der Waals surface area contributed by atoms with Crippen LogP contribution in [0.1, 0.15) is 28.1 Å². The Labute approximate surface area is 168 Å². The number of aryl methyl sites for hydroxylation is 1. The van der Waals surface area contributed by atoms with Crippen LogP contribution in [0.4, 0.5) is 4.39 Å². The Morgan fingerprint density at radius 3 is 2.79 bits per heavy atom. The van der Waals surface area contributed by atoms with Gasteiger partial charge in [0.25, 0.3) is 11.5 Å². The van der Waals surface area contributed by atoms with E-state index in [0.29, 0.717) is 40.9 Å². The van der Waals surface area contributed by atoms with Gasteiger partial charge in [0, 0.05) is 25.8 Å². The fourth-order valence-corrected chi connectivity index (χ4v) is 3.89. The van der Waals surface area contributed by atoms with Crippen molar-refractivity contribution in [3.63, 3.8) is 0 Å². The van der Waals surface area contributed by atoms with Crippen molar-refractivity contribution in [1.29, 1.82) is 0 Å². The largest absolute Gasteiger partial charge is 0.460 e. The van der Waals surface area contributed by atoms with Gasteiger partial charge in [0.15, 0.2) is 0 Å². The van der Waals surface area contributed by atoms with Gasteiger partial charge in [-0.2, -0.15) is 0 Å². The van der Waals surface area contributed by atoms with Gasteiger partial charge in [-0.3, -0.25) is 9.59 Å². The lowest BCUT2D eigenvalue weighted by molar-refractivity contribution is 0.0762. The summed E-state index contributed by atoms with van der Waals surface area (Å²) in [6, 6.07) is 7.83. The number of aromatic nitrogens is 1. The third-order valence-corrected chi connectivity index (χ3v) is 5.45. The molecule has 3 aromatic rings. The molecule has 4 rings (SSSR count). The molecule has 0 saturated carbocycles. The number of pyridine rings is 1. The summed E-state index contributed by atoms with van der Waals surface area (Å²) in [6.07, 6.45) is 2.51. The first-order valence-corrected chi connectivity index (χ1v) is 9.79. The molecule has 0 radical (unpaired) electrons. The van der Waals surface area contributed by atoms with Gasteiger partial charge in [0.2, 0.25) is 0 Å². The monoisotopic (exact) mass is 397 g/mol. The van der Waals surface area contributed by atoms with E-state index in [1.54, 1.807) is 36.2 Å². The van der Waals surface area contributed by atoms with E-state index < -0.39 is 0 Å². The zero-order chi connectivity index (χ0) is 20.5. The van der Waals surface area contributed by atoms with E-state index in [1.807, 2.05) is 7.05 Å². The molecule has 1 saturated heterocycles. The maximum atomic E-state index is 13.5. The Morgan fingerprint density at radius 2 is 2.00 bits per heavy atom. The highest BCUT2D eigenvalue weighted by Crippen LogP contribution is 2.24. The Balaban J connectivity index is 1.73. The molecule has 29 heavy (non-hydrogen) atoms. The van der Waals surface area contributed by atoms with Gasteiger partial charge >= 0.3 is 0 Å². The van der Waals surface area contributed by atoms with Crippen LogP contribution < -0.4 is 5.56 Å². The molecule has 0 N–H and O–H groups in total. The predicted octanol–water partition coefficient (Wildman–Crippen LogP) is 2.87. The van der Waals surface area contributed by atoms with Crippen LogP contribution in [0.3, 0.4) is 0 Å². The van der Waals surface area contributed by atoms with Crippen LogP contribution in [0, 0.1) is 12.7 Å². The number of halogens is 1. The first-order valence-electron chi connectivity index (χ1n) is 9.79. The number of amides is 1. The maximum absolute atomic E-state index is 13.5. The fraction of sp³-hybridized carbons (Fsp3) is 0.364.